The van der Waals surface area contributed by atoms with E-state index in [1.807, 2.05) is 24.3 Å². The lowest BCUT2D eigenvalue weighted by Gasteiger charge is -2.38. The third kappa shape index (κ3) is 5.97. The molecule has 0 aliphatic rings. The van der Waals surface area contributed by atoms with Crippen LogP contribution in [-0.2, 0) is 19.7 Å². The van der Waals surface area contributed by atoms with E-state index in [1.165, 1.54) is 0 Å². The van der Waals surface area contributed by atoms with Crippen molar-refractivity contribution in [1.29, 1.82) is 0 Å². The van der Waals surface area contributed by atoms with E-state index in [-0.39, 0.29) is 29.4 Å². The Morgan fingerprint density at radius 1 is 0.964 bits per heavy atom. The predicted molar refractivity (Wildman–Crippen MR) is 111 cm³/mol. The summed E-state index contributed by atoms with van der Waals surface area (Å²) in [5.74, 6) is 0.633. The molecule has 0 saturated carbocycles. The SMILES string of the molecule is CC[C@@](C)(c1ccc(O)cc1)[C@H](CCCCOS(C)(=O)=O)c1ccc(O)cc1. The molecule has 2 atom stereocenters. The molecule has 154 valence electrons. The van der Waals surface area contributed by atoms with Gasteiger partial charge in [-0.15, -0.1) is 0 Å². The third-order valence-electron chi connectivity index (χ3n) is 5.51. The van der Waals surface area contributed by atoms with Gasteiger partial charge in [-0.25, -0.2) is 0 Å². The van der Waals surface area contributed by atoms with Gasteiger partial charge in [0.15, 0.2) is 0 Å². The Bertz CT molecular complexity index is 844. The molecule has 6 heteroatoms. The van der Waals surface area contributed by atoms with E-state index in [0.29, 0.717) is 6.42 Å². The fourth-order valence-electron chi connectivity index (χ4n) is 3.71. The van der Waals surface area contributed by atoms with Gasteiger partial charge < -0.3 is 10.2 Å². The topological polar surface area (TPSA) is 83.8 Å². The molecule has 0 heterocycles. The number of hydrogen-bond donors (Lipinski definition) is 2. The van der Waals surface area contributed by atoms with E-state index in [2.05, 4.69) is 13.8 Å². The molecular weight excluding hydrogens is 376 g/mol. The highest BCUT2D eigenvalue weighted by molar-refractivity contribution is 7.85. The molecule has 0 amide bonds. The van der Waals surface area contributed by atoms with Crippen molar-refractivity contribution in [3.05, 3.63) is 59.7 Å². The van der Waals surface area contributed by atoms with Crippen LogP contribution >= 0.6 is 0 Å². The maximum atomic E-state index is 11.1. The Morgan fingerprint density at radius 2 is 1.50 bits per heavy atom. The highest BCUT2D eigenvalue weighted by Crippen LogP contribution is 2.45. The number of aromatic hydroxyl groups is 2. The standard InChI is InChI=1S/C22H30O5S/c1-4-22(2,18-10-14-20(24)15-11-18)21(17-8-12-19(23)13-9-17)7-5-6-16-27-28(3,25)26/h8-15,21,23-24H,4-7,16H2,1-3H3/t21-,22+/m1/s1. The van der Waals surface area contributed by atoms with Crippen molar-refractivity contribution in [2.24, 2.45) is 0 Å². The summed E-state index contributed by atoms with van der Waals surface area (Å²) in [6.45, 7) is 4.54. The van der Waals surface area contributed by atoms with Crippen LogP contribution in [0, 0.1) is 0 Å². The summed E-state index contributed by atoms with van der Waals surface area (Å²) in [6.07, 6.45) is 4.27. The number of benzene rings is 2. The van der Waals surface area contributed by atoms with Crippen molar-refractivity contribution in [3.63, 3.8) is 0 Å². The van der Waals surface area contributed by atoms with Crippen LogP contribution in [0.3, 0.4) is 0 Å². The van der Waals surface area contributed by atoms with Gasteiger partial charge in [-0.3, -0.25) is 4.18 Å². The van der Waals surface area contributed by atoms with Crippen LogP contribution < -0.4 is 0 Å². The zero-order valence-corrected chi connectivity index (χ0v) is 17.6. The fraction of sp³-hybridized carbons (Fsp3) is 0.455. The van der Waals surface area contributed by atoms with Crippen LogP contribution in [-0.4, -0.2) is 31.5 Å². The second-order valence-electron chi connectivity index (χ2n) is 7.48. The molecule has 2 aromatic rings. The molecule has 0 unspecified atom stereocenters. The molecule has 0 bridgehead atoms. The van der Waals surface area contributed by atoms with Crippen LogP contribution in [0.15, 0.2) is 48.5 Å². The summed E-state index contributed by atoms with van der Waals surface area (Å²) in [5, 5.41) is 19.3. The van der Waals surface area contributed by atoms with E-state index >= 15 is 0 Å². The van der Waals surface area contributed by atoms with Crippen LogP contribution in [0.1, 0.15) is 56.6 Å². The molecule has 0 fully saturated rings. The lowest BCUT2D eigenvalue weighted by Crippen LogP contribution is -2.30. The van der Waals surface area contributed by atoms with Crippen LogP contribution in [0.4, 0.5) is 0 Å². The minimum absolute atomic E-state index is 0.167. The number of hydrogen-bond acceptors (Lipinski definition) is 5. The molecule has 2 rings (SSSR count). The predicted octanol–water partition coefficient (Wildman–Crippen LogP) is 4.70. The van der Waals surface area contributed by atoms with Gasteiger partial charge in [0.05, 0.1) is 12.9 Å². The smallest absolute Gasteiger partial charge is 0.264 e. The minimum atomic E-state index is -3.41. The zero-order chi connectivity index (χ0) is 20.8. The van der Waals surface area contributed by atoms with Crippen molar-refractivity contribution in [2.45, 2.75) is 50.9 Å². The molecule has 2 aromatic carbocycles. The summed E-state index contributed by atoms with van der Waals surface area (Å²) in [5.41, 5.74) is 2.08. The van der Waals surface area contributed by atoms with Crippen LogP contribution in [0.25, 0.3) is 0 Å². The summed E-state index contributed by atoms with van der Waals surface area (Å²) in [4.78, 5) is 0. The Morgan fingerprint density at radius 3 is 2.00 bits per heavy atom. The molecule has 28 heavy (non-hydrogen) atoms. The van der Waals surface area contributed by atoms with Crippen molar-refractivity contribution in [3.8, 4) is 11.5 Å². The first-order chi connectivity index (χ1) is 13.2. The fourth-order valence-corrected chi connectivity index (χ4v) is 4.14. The Balaban J connectivity index is 2.25. The first-order valence-electron chi connectivity index (χ1n) is 9.58. The number of phenols is 2. The number of phenolic OH excluding ortho intramolecular Hbond substituents is 2. The monoisotopic (exact) mass is 406 g/mol. The van der Waals surface area contributed by atoms with Crippen molar-refractivity contribution < 1.29 is 22.8 Å². The van der Waals surface area contributed by atoms with Gasteiger partial charge in [-0.05, 0) is 66.0 Å². The molecule has 0 aromatic heterocycles. The largest absolute Gasteiger partial charge is 0.508 e. The first-order valence-corrected chi connectivity index (χ1v) is 11.4. The molecule has 0 aliphatic carbocycles. The van der Waals surface area contributed by atoms with E-state index in [1.54, 1.807) is 24.3 Å². The van der Waals surface area contributed by atoms with E-state index in [9.17, 15) is 18.6 Å². The van der Waals surface area contributed by atoms with Crippen molar-refractivity contribution in [1.82, 2.24) is 0 Å². The van der Waals surface area contributed by atoms with Gasteiger partial charge in [-0.1, -0.05) is 44.5 Å². The lowest BCUT2D eigenvalue weighted by molar-refractivity contribution is 0.292. The minimum Gasteiger partial charge on any atom is -0.508 e. The second-order valence-corrected chi connectivity index (χ2v) is 9.13. The summed E-state index contributed by atoms with van der Waals surface area (Å²) in [7, 11) is -3.41. The van der Waals surface area contributed by atoms with Crippen LogP contribution in [0.2, 0.25) is 0 Å². The van der Waals surface area contributed by atoms with E-state index in [0.717, 1.165) is 36.6 Å². The molecule has 0 saturated heterocycles. The highest BCUT2D eigenvalue weighted by Gasteiger charge is 2.35. The molecular formula is C22H30O5S. The Labute approximate surface area is 168 Å². The second kappa shape index (κ2) is 9.43. The first kappa shape index (κ1) is 22.2. The lowest BCUT2D eigenvalue weighted by atomic mass is 9.65. The molecule has 0 aliphatic heterocycles. The summed E-state index contributed by atoms with van der Waals surface area (Å²) >= 11 is 0. The average Bonchev–Trinajstić information content (AvgIpc) is 2.65. The number of unbranched alkanes of at least 4 members (excludes halogenated alkanes) is 1. The van der Waals surface area contributed by atoms with Gasteiger partial charge in [0.25, 0.3) is 10.1 Å². The van der Waals surface area contributed by atoms with Gasteiger partial charge >= 0.3 is 0 Å². The van der Waals surface area contributed by atoms with Gasteiger partial charge in [0.2, 0.25) is 0 Å². The van der Waals surface area contributed by atoms with Crippen LogP contribution in [0.5, 0.6) is 11.5 Å². The van der Waals surface area contributed by atoms with E-state index in [4.69, 9.17) is 4.18 Å². The highest BCUT2D eigenvalue weighted by atomic mass is 32.2. The molecule has 0 radical (unpaired) electrons. The van der Waals surface area contributed by atoms with Gasteiger partial charge in [0.1, 0.15) is 11.5 Å². The Kier molecular flexibility index (Phi) is 7.49. The van der Waals surface area contributed by atoms with E-state index < -0.39 is 10.1 Å². The third-order valence-corrected chi connectivity index (χ3v) is 6.11. The quantitative estimate of drug-likeness (QED) is 0.441. The van der Waals surface area contributed by atoms with Gasteiger partial charge in [0, 0.05) is 0 Å². The summed E-state index contributed by atoms with van der Waals surface area (Å²) in [6, 6.07) is 14.6. The normalized spacial score (nSPS) is 15.1. The summed E-state index contributed by atoms with van der Waals surface area (Å²) < 4.78 is 27.1. The zero-order valence-electron chi connectivity index (χ0n) is 16.8. The molecule has 5 nitrogen and oxygen atoms in total. The van der Waals surface area contributed by atoms with Gasteiger partial charge in [-0.2, -0.15) is 8.42 Å². The van der Waals surface area contributed by atoms with Crippen molar-refractivity contribution >= 4 is 10.1 Å². The average molecular weight is 407 g/mol. The number of rotatable bonds is 10. The maximum Gasteiger partial charge on any atom is 0.264 e. The Hall–Kier alpha value is -2.05. The molecule has 2 N–H and O–H groups in total. The maximum absolute atomic E-state index is 11.1. The van der Waals surface area contributed by atoms with Crippen molar-refractivity contribution in [2.75, 3.05) is 12.9 Å². The molecule has 0 spiro atoms.